The summed E-state index contributed by atoms with van der Waals surface area (Å²) in [5.41, 5.74) is 0. The number of hydrogen-bond donors (Lipinski definition) is 0. The van der Waals surface area contributed by atoms with Crippen molar-refractivity contribution in [1.82, 2.24) is 0 Å². The molecule has 0 aromatic carbocycles. The second kappa shape index (κ2) is 4.45. The zero-order valence-electron chi connectivity index (χ0n) is 7.71. The number of carbonyl (C=O) groups is 1. The highest BCUT2D eigenvalue weighted by Crippen LogP contribution is 2.19. The van der Waals surface area contributed by atoms with Gasteiger partial charge in [-0.2, -0.15) is 0 Å². The Hall–Kier alpha value is -0.570. The Morgan fingerprint density at radius 1 is 1.75 bits per heavy atom. The van der Waals surface area contributed by atoms with E-state index in [4.69, 9.17) is 9.47 Å². The van der Waals surface area contributed by atoms with Crippen LogP contribution in [0.5, 0.6) is 0 Å². The molecule has 1 heterocycles. The van der Waals surface area contributed by atoms with E-state index >= 15 is 0 Å². The van der Waals surface area contributed by atoms with Crippen LogP contribution in [0.15, 0.2) is 0 Å². The summed E-state index contributed by atoms with van der Waals surface area (Å²) in [5, 5.41) is 0. The number of hydrogen-bond acceptors (Lipinski definition) is 3. The zero-order valence-corrected chi connectivity index (χ0v) is 7.71. The molecule has 2 atom stereocenters. The highest BCUT2D eigenvalue weighted by molar-refractivity contribution is 5.66. The molecule has 0 saturated carbocycles. The van der Waals surface area contributed by atoms with Gasteiger partial charge in [-0.3, -0.25) is 4.79 Å². The van der Waals surface area contributed by atoms with E-state index in [9.17, 15) is 4.79 Å². The molecule has 0 aliphatic carbocycles. The lowest BCUT2D eigenvalue weighted by atomic mass is 10.1. The van der Waals surface area contributed by atoms with Crippen LogP contribution in [0.1, 0.15) is 33.1 Å². The number of ether oxygens (including phenoxy) is 2. The number of esters is 1. The summed E-state index contributed by atoms with van der Waals surface area (Å²) in [7, 11) is 0. The predicted molar refractivity (Wildman–Crippen MR) is 44.8 cm³/mol. The van der Waals surface area contributed by atoms with Crippen LogP contribution in [-0.2, 0) is 14.3 Å². The van der Waals surface area contributed by atoms with Crippen LogP contribution < -0.4 is 0 Å². The minimum atomic E-state index is -0.211. The van der Waals surface area contributed by atoms with Crippen LogP contribution in [0.25, 0.3) is 0 Å². The smallest absolute Gasteiger partial charge is 0.302 e. The first-order valence-electron chi connectivity index (χ1n) is 4.53. The Balaban J connectivity index is 2.37. The van der Waals surface area contributed by atoms with Gasteiger partial charge in [0.2, 0.25) is 0 Å². The normalized spacial score (nSPS) is 25.3. The van der Waals surface area contributed by atoms with Gasteiger partial charge >= 0.3 is 5.97 Å². The van der Waals surface area contributed by atoms with Crippen molar-refractivity contribution in [2.75, 3.05) is 6.61 Å². The Kier molecular flexibility index (Phi) is 3.53. The summed E-state index contributed by atoms with van der Waals surface area (Å²) in [6.07, 6.45) is 3.04. The molecular weight excluding hydrogens is 156 g/mol. The van der Waals surface area contributed by atoms with Crippen LogP contribution in [0.4, 0.5) is 0 Å². The van der Waals surface area contributed by atoms with E-state index in [0.717, 1.165) is 25.9 Å². The third kappa shape index (κ3) is 2.48. The predicted octanol–water partition coefficient (Wildman–Crippen LogP) is 1.51. The topological polar surface area (TPSA) is 35.5 Å². The molecule has 0 radical (unpaired) electrons. The van der Waals surface area contributed by atoms with Gasteiger partial charge < -0.3 is 9.47 Å². The maximum atomic E-state index is 10.7. The average Bonchev–Trinajstić information content (AvgIpc) is 2.51. The Bertz CT molecular complexity index is 150. The van der Waals surface area contributed by atoms with Crippen LogP contribution in [0.3, 0.4) is 0 Å². The van der Waals surface area contributed by atoms with Crippen molar-refractivity contribution < 1.29 is 14.3 Å². The summed E-state index contributed by atoms with van der Waals surface area (Å²) in [6, 6.07) is 0. The third-order valence-electron chi connectivity index (χ3n) is 2.10. The molecule has 1 aliphatic rings. The van der Waals surface area contributed by atoms with Crippen LogP contribution >= 0.6 is 0 Å². The highest BCUT2D eigenvalue weighted by Gasteiger charge is 2.26. The van der Waals surface area contributed by atoms with Gasteiger partial charge in [0.15, 0.2) is 0 Å². The first-order chi connectivity index (χ1) is 5.74. The molecule has 0 aromatic rings. The molecule has 12 heavy (non-hydrogen) atoms. The molecule has 0 N–H and O–H groups in total. The summed E-state index contributed by atoms with van der Waals surface area (Å²) >= 11 is 0. The van der Waals surface area contributed by atoms with Crippen LogP contribution in [0.2, 0.25) is 0 Å². The molecule has 3 heteroatoms. The largest absolute Gasteiger partial charge is 0.460 e. The average molecular weight is 172 g/mol. The number of carbonyl (C=O) groups excluding carboxylic acids is 1. The lowest BCUT2D eigenvalue weighted by Gasteiger charge is -2.20. The molecule has 70 valence electrons. The fraction of sp³-hybridized carbons (Fsp3) is 0.889. The summed E-state index contributed by atoms with van der Waals surface area (Å²) in [6.45, 7) is 4.26. The zero-order chi connectivity index (χ0) is 8.97. The van der Waals surface area contributed by atoms with Crippen LogP contribution in [0, 0.1) is 0 Å². The van der Waals surface area contributed by atoms with E-state index in [-0.39, 0.29) is 18.2 Å². The minimum absolute atomic E-state index is 0.0370. The van der Waals surface area contributed by atoms with E-state index in [1.54, 1.807) is 0 Å². The molecule has 0 spiro atoms. The van der Waals surface area contributed by atoms with Crippen molar-refractivity contribution in [2.24, 2.45) is 0 Å². The van der Waals surface area contributed by atoms with Gasteiger partial charge in [-0.05, 0) is 19.3 Å². The van der Waals surface area contributed by atoms with Crippen molar-refractivity contribution in [3.8, 4) is 0 Å². The van der Waals surface area contributed by atoms with E-state index in [0.29, 0.717) is 0 Å². The molecule has 1 rings (SSSR count). The quantitative estimate of drug-likeness (QED) is 0.605. The van der Waals surface area contributed by atoms with Crippen LogP contribution in [-0.4, -0.2) is 24.8 Å². The van der Waals surface area contributed by atoms with E-state index in [1.165, 1.54) is 6.92 Å². The fourth-order valence-electron chi connectivity index (χ4n) is 1.53. The van der Waals surface area contributed by atoms with Crippen molar-refractivity contribution in [3.05, 3.63) is 0 Å². The first kappa shape index (κ1) is 9.52. The van der Waals surface area contributed by atoms with Gasteiger partial charge in [-0.1, -0.05) is 6.92 Å². The van der Waals surface area contributed by atoms with Gasteiger partial charge in [0.25, 0.3) is 0 Å². The van der Waals surface area contributed by atoms with Crippen molar-refractivity contribution in [1.29, 1.82) is 0 Å². The van der Waals surface area contributed by atoms with E-state index in [1.807, 2.05) is 6.92 Å². The maximum Gasteiger partial charge on any atom is 0.302 e. The SMILES string of the molecule is CCC(OC(C)=O)C1CCCO1. The lowest BCUT2D eigenvalue weighted by molar-refractivity contribution is -0.153. The Morgan fingerprint density at radius 2 is 2.50 bits per heavy atom. The molecule has 1 aliphatic heterocycles. The van der Waals surface area contributed by atoms with Crippen molar-refractivity contribution in [2.45, 2.75) is 45.3 Å². The molecule has 1 saturated heterocycles. The van der Waals surface area contributed by atoms with E-state index < -0.39 is 0 Å². The Morgan fingerprint density at radius 3 is 2.92 bits per heavy atom. The molecule has 3 nitrogen and oxygen atoms in total. The van der Waals surface area contributed by atoms with Gasteiger partial charge in [0.05, 0.1) is 6.10 Å². The molecule has 0 bridgehead atoms. The molecule has 0 aromatic heterocycles. The summed E-state index contributed by atoms with van der Waals surface area (Å²) < 4.78 is 10.5. The second-order valence-electron chi connectivity index (χ2n) is 3.11. The molecule has 1 fully saturated rings. The van der Waals surface area contributed by atoms with Gasteiger partial charge in [0.1, 0.15) is 6.10 Å². The fourth-order valence-corrected chi connectivity index (χ4v) is 1.53. The second-order valence-corrected chi connectivity index (χ2v) is 3.11. The maximum absolute atomic E-state index is 10.7. The summed E-state index contributed by atoms with van der Waals surface area (Å²) in [4.78, 5) is 10.7. The lowest BCUT2D eigenvalue weighted by Crippen LogP contribution is -2.29. The molecule has 0 amide bonds. The highest BCUT2D eigenvalue weighted by atomic mass is 16.6. The molecule has 2 unspecified atom stereocenters. The van der Waals surface area contributed by atoms with Gasteiger partial charge in [-0.15, -0.1) is 0 Å². The van der Waals surface area contributed by atoms with Crippen molar-refractivity contribution >= 4 is 5.97 Å². The monoisotopic (exact) mass is 172 g/mol. The third-order valence-corrected chi connectivity index (χ3v) is 2.10. The van der Waals surface area contributed by atoms with Crippen molar-refractivity contribution in [3.63, 3.8) is 0 Å². The minimum Gasteiger partial charge on any atom is -0.460 e. The van der Waals surface area contributed by atoms with E-state index in [2.05, 4.69) is 0 Å². The Labute approximate surface area is 73.0 Å². The van der Waals surface area contributed by atoms with Gasteiger partial charge in [0, 0.05) is 13.5 Å². The number of rotatable bonds is 3. The van der Waals surface area contributed by atoms with Gasteiger partial charge in [-0.25, -0.2) is 0 Å². The standard InChI is InChI=1S/C9H16O3/c1-3-8(12-7(2)10)9-5-4-6-11-9/h8-9H,3-6H2,1-2H3. The molecular formula is C9H16O3. The first-order valence-corrected chi connectivity index (χ1v) is 4.53. The summed E-state index contributed by atoms with van der Waals surface area (Å²) in [5.74, 6) is -0.211.